The van der Waals surface area contributed by atoms with Crippen LogP contribution in [0.1, 0.15) is 43.0 Å². The van der Waals surface area contributed by atoms with E-state index >= 15 is 0 Å². The number of allylic oxidation sites excluding steroid dienone is 1. The minimum Gasteiger partial charge on any atom is -0.291 e. The molecule has 20 heavy (non-hydrogen) atoms. The van der Waals surface area contributed by atoms with Gasteiger partial charge in [0.15, 0.2) is 0 Å². The first-order valence-corrected chi connectivity index (χ1v) is 9.81. The molecule has 1 aromatic rings. The molecule has 112 valence electrons. The molecule has 0 fully saturated rings. The Bertz CT molecular complexity index is 535. The predicted octanol–water partition coefficient (Wildman–Crippen LogP) is 5.35. The zero-order chi connectivity index (χ0) is 15.5. The Morgan fingerprint density at radius 3 is 2.30 bits per heavy atom. The molecule has 0 atom stereocenters. The number of rotatable bonds is 5. The van der Waals surface area contributed by atoms with E-state index in [1.165, 1.54) is 16.0 Å². The molecule has 3 heteroatoms. The van der Waals surface area contributed by atoms with Crippen molar-refractivity contribution in [1.82, 2.24) is 0 Å². The molecule has 0 saturated heterocycles. The lowest BCUT2D eigenvalue weighted by Crippen LogP contribution is -2.14. The summed E-state index contributed by atoms with van der Waals surface area (Å²) in [6.07, 6.45) is 10.2. The van der Waals surface area contributed by atoms with Crippen LogP contribution in [0.2, 0.25) is 0 Å². The molecule has 0 amide bonds. The summed E-state index contributed by atoms with van der Waals surface area (Å²) in [5.74, 6) is 0. The number of aryl methyl sites for hydroxylation is 1. The molecule has 0 spiro atoms. The second kappa shape index (κ2) is 6.84. The van der Waals surface area contributed by atoms with Gasteiger partial charge in [-0.05, 0) is 60.6 Å². The van der Waals surface area contributed by atoms with Crippen LogP contribution < -0.4 is 5.14 Å². The van der Waals surface area contributed by atoms with Crippen LogP contribution in [-0.4, -0.2) is 12.5 Å². The molecule has 0 aliphatic heterocycles. The molecule has 0 heterocycles. The van der Waals surface area contributed by atoms with Crippen molar-refractivity contribution in [3.8, 4) is 0 Å². The highest BCUT2D eigenvalue weighted by atomic mass is 35.5. The topological polar surface area (TPSA) is 26.0 Å². The summed E-state index contributed by atoms with van der Waals surface area (Å²) in [6, 6.07) is 2.23. The van der Waals surface area contributed by atoms with E-state index in [-0.39, 0.29) is 0 Å². The summed E-state index contributed by atoms with van der Waals surface area (Å²) >= 11 is 6.13. The Morgan fingerprint density at radius 2 is 1.95 bits per heavy atom. The van der Waals surface area contributed by atoms with Crippen molar-refractivity contribution >= 4 is 34.0 Å². The average molecular weight is 312 g/mol. The number of halogens is 1. The summed E-state index contributed by atoms with van der Waals surface area (Å²) in [6.45, 7) is 10.2. The Kier molecular flexibility index (Phi) is 5.93. The fourth-order valence-electron chi connectivity index (χ4n) is 2.61. The third kappa shape index (κ3) is 3.69. The third-order valence-electron chi connectivity index (χ3n) is 3.37. The third-order valence-corrected chi connectivity index (χ3v) is 5.00. The first kappa shape index (κ1) is 17.4. The van der Waals surface area contributed by atoms with Crippen LogP contribution in [-0.2, 0) is 12.8 Å². The SMILES string of the molecule is C=Cc1cc(CC)c(CC)c(S(C)(C)N)c1/C=C(\C)Cl. The maximum atomic E-state index is 6.53. The van der Waals surface area contributed by atoms with Crippen LogP contribution in [0.5, 0.6) is 0 Å². The lowest BCUT2D eigenvalue weighted by molar-refractivity contribution is 0.988. The number of hydrogen-bond acceptors (Lipinski definition) is 1. The van der Waals surface area contributed by atoms with Gasteiger partial charge in [-0.1, -0.05) is 44.2 Å². The fourth-order valence-corrected chi connectivity index (χ4v) is 4.38. The first-order valence-electron chi connectivity index (χ1n) is 6.92. The largest absolute Gasteiger partial charge is 0.291 e. The predicted molar refractivity (Wildman–Crippen MR) is 96.7 cm³/mol. The van der Waals surface area contributed by atoms with Gasteiger partial charge in [-0.2, -0.15) is 10.2 Å². The smallest absolute Gasteiger partial charge is 0.0156 e. The highest BCUT2D eigenvalue weighted by molar-refractivity contribution is 8.31. The van der Waals surface area contributed by atoms with Crippen LogP contribution in [0.3, 0.4) is 0 Å². The monoisotopic (exact) mass is 311 g/mol. The Morgan fingerprint density at radius 1 is 1.35 bits per heavy atom. The highest BCUT2D eigenvalue weighted by Gasteiger charge is 2.21. The van der Waals surface area contributed by atoms with Gasteiger partial charge in [0.25, 0.3) is 0 Å². The van der Waals surface area contributed by atoms with E-state index in [9.17, 15) is 0 Å². The molecule has 0 saturated carbocycles. The average Bonchev–Trinajstić information content (AvgIpc) is 2.35. The number of benzene rings is 1. The Balaban J connectivity index is 3.87. The highest BCUT2D eigenvalue weighted by Crippen LogP contribution is 2.48. The van der Waals surface area contributed by atoms with Crippen LogP contribution in [0.25, 0.3) is 12.2 Å². The summed E-state index contributed by atoms with van der Waals surface area (Å²) in [5.41, 5.74) is 5.02. The Hall–Kier alpha value is -0.700. The van der Waals surface area contributed by atoms with Gasteiger partial charge in [-0.3, -0.25) is 5.14 Å². The van der Waals surface area contributed by atoms with Crippen LogP contribution >= 0.6 is 21.8 Å². The molecule has 1 aromatic carbocycles. The van der Waals surface area contributed by atoms with Gasteiger partial charge in [0, 0.05) is 9.93 Å². The standard InChI is InChI=1S/C17H26ClNS/c1-7-13-11-14(8-2)16(10-12(4)18)17(15(13)9-3)20(5,6)19/h8,10-11H,2,7,9,19H2,1,3-6H3/b12-10+. The van der Waals surface area contributed by atoms with Gasteiger partial charge >= 0.3 is 0 Å². The molecule has 2 N–H and O–H groups in total. The van der Waals surface area contributed by atoms with Crippen molar-refractivity contribution < 1.29 is 0 Å². The lowest BCUT2D eigenvalue weighted by atomic mass is 9.95. The maximum Gasteiger partial charge on any atom is 0.0156 e. The van der Waals surface area contributed by atoms with E-state index in [1.807, 2.05) is 19.1 Å². The summed E-state index contributed by atoms with van der Waals surface area (Å²) in [5, 5.41) is 7.30. The lowest BCUT2D eigenvalue weighted by Gasteiger charge is -2.33. The molecule has 0 aromatic heterocycles. The minimum atomic E-state index is -1.34. The van der Waals surface area contributed by atoms with Gasteiger partial charge < -0.3 is 0 Å². The number of nitrogens with two attached hydrogens (primary N) is 1. The maximum absolute atomic E-state index is 6.53. The fraction of sp³-hybridized carbons (Fsp3) is 0.412. The van der Waals surface area contributed by atoms with Gasteiger partial charge in [-0.25, -0.2) is 0 Å². The summed E-state index contributed by atoms with van der Waals surface area (Å²) < 4.78 is 0. The quantitative estimate of drug-likeness (QED) is 0.779. The van der Waals surface area contributed by atoms with E-state index < -0.39 is 10.2 Å². The molecule has 0 unspecified atom stereocenters. The second-order valence-corrected chi connectivity index (χ2v) is 9.21. The van der Waals surface area contributed by atoms with Crippen LogP contribution in [0.15, 0.2) is 22.6 Å². The first-order chi connectivity index (χ1) is 9.26. The zero-order valence-electron chi connectivity index (χ0n) is 13.2. The minimum absolute atomic E-state index is 0.768. The van der Waals surface area contributed by atoms with Crippen molar-refractivity contribution in [3.05, 3.63) is 39.9 Å². The zero-order valence-corrected chi connectivity index (χ0v) is 14.8. The molecule has 1 nitrogen and oxygen atoms in total. The van der Waals surface area contributed by atoms with Gasteiger partial charge in [0.05, 0.1) is 0 Å². The molecule has 0 aliphatic rings. The summed E-state index contributed by atoms with van der Waals surface area (Å²) in [4.78, 5) is 1.27. The van der Waals surface area contributed by atoms with Crippen molar-refractivity contribution in [3.63, 3.8) is 0 Å². The molecular formula is C17H26ClNS. The van der Waals surface area contributed by atoms with E-state index in [1.54, 1.807) is 0 Å². The van der Waals surface area contributed by atoms with Crippen molar-refractivity contribution in [2.45, 2.75) is 38.5 Å². The van der Waals surface area contributed by atoms with Crippen molar-refractivity contribution in [1.29, 1.82) is 0 Å². The van der Waals surface area contributed by atoms with E-state index in [0.717, 1.165) is 29.0 Å². The molecule has 1 rings (SSSR count). The van der Waals surface area contributed by atoms with Gasteiger partial charge in [0.2, 0.25) is 0 Å². The van der Waals surface area contributed by atoms with Gasteiger partial charge in [0.1, 0.15) is 0 Å². The number of hydrogen-bond donors (Lipinski definition) is 1. The van der Waals surface area contributed by atoms with Crippen molar-refractivity contribution in [2.75, 3.05) is 12.5 Å². The van der Waals surface area contributed by atoms with Crippen molar-refractivity contribution in [2.24, 2.45) is 5.14 Å². The molecular weight excluding hydrogens is 286 g/mol. The van der Waals surface area contributed by atoms with E-state index in [2.05, 4.69) is 39.0 Å². The van der Waals surface area contributed by atoms with E-state index in [4.69, 9.17) is 16.7 Å². The Labute approximate surface area is 130 Å². The van der Waals surface area contributed by atoms with Crippen LogP contribution in [0.4, 0.5) is 0 Å². The molecule has 0 aliphatic carbocycles. The molecule has 0 bridgehead atoms. The second-order valence-electron chi connectivity index (χ2n) is 5.39. The van der Waals surface area contributed by atoms with Crippen LogP contribution in [0, 0.1) is 0 Å². The van der Waals surface area contributed by atoms with Gasteiger partial charge in [-0.15, -0.1) is 0 Å². The molecule has 0 radical (unpaired) electrons. The van der Waals surface area contributed by atoms with E-state index in [0.29, 0.717) is 0 Å². The normalized spacial score (nSPS) is 13.4. The summed E-state index contributed by atoms with van der Waals surface area (Å²) in [7, 11) is -1.34.